The molecule has 0 unspecified atom stereocenters. The quantitative estimate of drug-likeness (QED) is 0.738. The van der Waals surface area contributed by atoms with Crippen LogP contribution in [0.1, 0.15) is 10.6 Å². The first-order valence-corrected chi connectivity index (χ1v) is 6.49. The molecule has 0 spiro atoms. The smallest absolute Gasteiger partial charge is 0.373 e. The van der Waals surface area contributed by atoms with Crippen molar-refractivity contribution in [3.63, 3.8) is 0 Å². The number of nitrogens with zero attached hydrogens (tertiary/aromatic N) is 4. The third kappa shape index (κ3) is 2.43. The number of hydrogen-bond acceptors (Lipinski definition) is 6. The minimum atomic E-state index is -1.15. The zero-order valence-corrected chi connectivity index (χ0v) is 10.9. The molecule has 1 N–H and O–H groups in total. The van der Waals surface area contributed by atoms with Crippen molar-refractivity contribution >= 4 is 28.6 Å². The van der Waals surface area contributed by atoms with Crippen LogP contribution in [0.4, 0.5) is 0 Å². The van der Waals surface area contributed by atoms with Gasteiger partial charge < -0.3 is 5.11 Å². The van der Waals surface area contributed by atoms with E-state index in [1.807, 2.05) is 12.1 Å². The van der Waals surface area contributed by atoms with Gasteiger partial charge in [-0.1, -0.05) is 18.2 Å². The molecule has 0 atom stereocenters. The molecule has 7 heteroatoms. The molecule has 3 aromatic rings. The van der Waals surface area contributed by atoms with Crippen LogP contribution in [-0.4, -0.2) is 31.0 Å². The fourth-order valence-corrected chi connectivity index (χ4v) is 2.50. The molecule has 1 aromatic carbocycles. The van der Waals surface area contributed by atoms with E-state index in [9.17, 15) is 4.79 Å². The summed E-state index contributed by atoms with van der Waals surface area (Å²) in [7, 11) is 0. The van der Waals surface area contributed by atoms with Gasteiger partial charge in [0.05, 0.1) is 5.52 Å². The number of para-hydroxylation sites is 1. The lowest BCUT2D eigenvalue weighted by Crippen LogP contribution is -2.05. The number of benzene rings is 1. The van der Waals surface area contributed by atoms with Gasteiger partial charge in [-0.25, -0.2) is 24.7 Å². The van der Waals surface area contributed by atoms with Crippen LogP contribution in [0, 0.1) is 0 Å². The first kappa shape index (κ1) is 12.5. The molecule has 0 radical (unpaired) electrons. The van der Waals surface area contributed by atoms with Crippen molar-refractivity contribution < 1.29 is 9.90 Å². The van der Waals surface area contributed by atoms with Gasteiger partial charge in [-0.15, -0.1) is 0 Å². The van der Waals surface area contributed by atoms with Gasteiger partial charge in [0.2, 0.25) is 5.82 Å². The Kier molecular flexibility index (Phi) is 3.26. The Labute approximate surface area is 117 Å². The molecular formula is C13H8N4O2S. The van der Waals surface area contributed by atoms with Crippen molar-refractivity contribution in [2.75, 3.05) is 0 Å². The molecular weight excluding hydrogens is 276 g/mol. The molecule has 2 heterocycles. The Morgan fingerprint density at radius 2 is 2.00 bits per heavy atom. The summed E-state index contributed by atoms with van der Waals surface area (Å²) in [5, 5.41) is 11.1. The molecule has 0 bridgehead atoms. The molecule has 98 valence electrons. The lowest BCUT2D eigenvalue weighted by Gasteiger charge is -2.05. The second-order valence-electron chi connectivity index (χ2n) is 3.82. The van der Waals surface area contributed by atoms with Crippen LogP contribution in [-0.2, 0) is 0 Å². The van der Waals surface area contributed by atoms with Crippen molar-refractivity contribution in [3.05, 3.63) is 48.7 Å². The molecule has 6 nitrogen and oxygen atoms in total. The molecule has 0 aliphatic rings. The molecule has 3 rings (SSSR count). The van der Waals surface area contributed by atoms with Gasteiger partial charge in [-0.3, -0.25) is 0 Å². The van der Waals surface area contributed by atoms with Gasteiger partial charge in [0.1, 0.15) is 16.4 Å². The third-order valence-corrected chi connectivity index (χ3v) is 3.47. The Bertz CT molecular complexity index is 780. The zero-order chi connectivity index (χ0) is 13.9. The number of rotatable bonds is 3. The number of carboxylic acid groups (broad SMARTS) is 1. The summed E-state index contributed by atoms with van der Waals surface area (Å²) in [6.45, 7) is 0. The van der Waals surface area contributed by atoms with E-state index in [1.165, 1.54) is 18.1 Å². The summed E-state index contributed by atoms with van der Waals surface area (Å²) in [6, 6.07) is 9.01. The summed E-state index contributed by atoms with van der Waals surface area (Å²) >= 11 is 1.28. The SMILES string of the molecule is O=C(O)c1nc(Sc2ccncn2)c2ccccc2n1. The fraction of sp³-hybridized carbons (Fsp3) is 0. The lowest BCUT2D eigenvalue weighted by atomic mass is 10.2. The number of hydrogen-bond donors (Lipinski definition) is 1. The predicted octanol–water partition coefficient (Wildman–Crippen LogP) is 2.27. The van der Waals surface area contributed by atoms with E-state index in [0.29, 0.717) is 15.6 Å². The van der Waals surface area contributed by atoms with E-state index in [2.05, 4.69) is 19.9 Å². The van der Waals surface area contributed by atoms with E-state index >= 15 is 0 Å². The third-order valence-electron chi connectivity index (χ3n) is 2.52. The topological polar surface area (TPSA) is 88.9 Å². The van der Waals surface area contributed by atoms with E-state index < -0.39 is 5.97 Å². The monoisotopic (exact) mass is 284 g/mol. The molecule has 0 saturated heterocycles. The largest absolute Gasteiger partial charge is 0.475 e. The van der Waals surface area contributed by atoms with Crippen LogP contribution in [0.3, 0.4) is 0 Å². The molecule has 20 heavy (non-hydrogen) atoms. The maximum absolute atomic E-state index is 11.1. The van der Waals surface area contributed by atoms with Gasteiger partial charge in [0.15, 0.2) is 0 Å². The highest BCUT2D eigenvalue weighted by Gasteiger charge is 2.13. The van der Waals surface area contributed by atoms with Gasteiger partial charge in [0, 0.05) is 11.6 Å². The summed E-state index contributed by atoms with van der Waals surface area (Å²) in [5.41, 5.74) is 0.594. The van der Waals surface area contributed by atoms with Crippen molar-refractivity contribution in [1.82, 2.24) is 19.9 Å². The first-order valence-electron chi connectivity index (χ1n) is 5.68. The highest BCUT2D eigenvalue weighted by atomic mass is 32.2. The van der Waals surface area contributed by atoms with Crippen LogP contribution in [0.25, 0.3) is 10.9 Å². The minimum Gasteiger partial charge on any atom is -0.475 e. The molecule has 0 aliphatic heterocycles. The van der Waals surface area contributed by atoms with Crippen molar-refractivity contribution in [1.29, 1.82) is 0 Å². The number of carbonyl (C=O) groups is 1. The van der Waals surface area contributed by atoms with Crippen LogP contribution in [0.15, 0.2) is 52.9 Å². The highest BCUT2D eigenvalue weighted by molar-refractivity contribution is 7.99. The Hall–Kier alpha value is -2.54. The van der Waals surface area contributed by atoms with Crippen LogP contribution >= 0.6 is 11.8 Å². The van der Waals surface area contributed by atoms with E-state index in [0.717, 1.165) is 5.39 Å². The van der Waals surface area contributed by atoms with Gasteiger partial charge in [-0.2, -0.15) is 0 Å². The van der Waals surface area contributed by atoms with Gasteiger partial charge >= 0.3 is 5.97 Å². The first-order chi connectivity index (χ1) is 9.74. The zero-order valence-electron chi connectivity index (χ0n) is 10.1. The van der Waals surface area contributed by atoms with Crippen molar-refractivity contribution in [2.45, 2.75) is 10.1 Å². The Morgan fingerprint density at radius 1 is 1.15 bits per heavy atom. The molecule has 0 aliphatic carbocycles. The summed E-state index contributed by atoms with van der Waals surface area (Å²) < 4.78 is 0. The maximum atomic E-state index is 11.1. The molecule has 0 saturated carbocycles. The van der Waals surface area contributed by atoms with E-state index in [1.54, 1.807) is 24.4 Å². The van der Waals surface area contributed by atoms with E-state index in [-0.39, 0.29) is 5.82 Å². The highest BCUT2D eigenvalue weighted by Crippen LogP contribution is 2.29. The number of aromatic nitrogens is 4. The Balaban J connectivity index is 2.15. The number of fused-ring (bicyclic) bond motifs is 1. The van der Waals surface area contributed by atoms with E-state index in [4.69, 9.17) is 5.11 Å². The van der Waals surface area contributed by atoms with Crippen LogP contribution in [0.2, 0.25) is 0 Å². The van der Waals surface area contributed by atoms with Gasteiger partial charge in [0.25, 0.3) is 0 Å². The summed E-state index contributed by atoms with van der Waals surface area (Å²) in [5.74, 6) is -1.37. The van der Waals surface area contributed by atoms with Gasteiger partial charge in [-0.05, 0) is 23.9 Å². The maximum Gasteiger partial charge on any atom is 0.373 e. The predicted molar refractivity (Wildman–Crippen MR) is 72.7 cm³/mol. The summed E-state index contributed by atoms with van der Waals surface area (Å²) in [6.07, 6.45) is 3.06. The normalized spacial score (nSPS) is 10.6. The number of carboxylic acids is 1. The molecule has 0 fully saturated rings. The van der Waals surface area contributed by atoms with Crippen LogP contribution < -0.4 is 0 Å². The molecule has 2 aromatic heterocycles. The number of aromatic carboxylic acids is 1. The van der Waals surface area contributed by atoms with Crippen molar-refractivity contribution in [2.24, 2.45) is 0 Å². The standard InChI is InChI=1S/C13H8N4O2S/c18-13(19)11-16-9-4-2-1-3-8(9)12(17-11)20-10-5-6-14-7-15-10/h1-7H,(H,18,19). The van der Waals surface area contributed by atoms with Crippen LogP contribution in [0.5, 0.6) is 0 Å². The second kappa shape index (κ2) is 5.22. The Morgan fingerprint density at radius 3 is 2.75 bits per heavy atom. The lowest BCUT2D eigenvalue weighted by molar-refractivity contribution is 0.0683. The fourth-order valence-electron chi connectivity index (χ4n) is 1.66. The van der Waals surface area contributed by atoms with Crippen molar-refractivity contribution in [3.8, 4) is 0 Å². The molecule has 0 amide bonds. The second-order valence-corrected chi connectivity index (χ2v) is 4.83. The average molecular weight is 284 g/mol. The minimum absolute atomic E-state index is 0.222. The summed E-state index contributed by atoms with van der Waals surface area (Å²) in [4.78, 5) is 27.1. The average Bonchev–Trinajstić information content (AvgIpc) is 2.48.